The standard InChI is InChI=1S/C18H34N4OS.HI/c1-3-19-17(21-7-4-16(2)5-8-21)20-14-18(6-13-24-15-18)22-9-11-23-12-10-22;/h16H,3-15H2,1-2H3,(H,19,20);1H. The number of piperidine rings is 1. The Bertz CT molecular complexity index is 417. The molecule has 0 aliphatic carbocycles. The van der Waals surface area contributed by atoms with Crippen molar-refractivity contribution in [2.24, 2.45) is 10.9 Å². The van der Waals surface area contributed by atoms with Crippen LogP contribution in [0.4, 0.5) is 0 Å². The van der Waals surface area contributed by atoms with Crippen molar-refractivity contribution < 1.29 is 4.74 Å². The van der Waals surface area contributed by atoms with Crippen molar-refractivity contribution in [2.75, 3.05) is 64.0 Å². The number of nitrogens with one attached hydrogen (secondary N) is 1. The van der Waals surface area contributed by atoms with Gasteiger partial charge in [-0.2, -0.15) is 11.8 Å². The summed E-state index contributed by atoms with van der Waals surface area (Å²) >= 11 is 2.09. The summed E-state index contributed by atoms with van der Waals surface area (Å²) < 4.78 is 5.57. The van der Waals surface area contributed by atoms with Gasteiger partial charge in [0.05, 0.1) is 25.3 Å². The lowest BCUT2D eigenvalue weighted by Gasteiger charge is -2.42. The van der Waals surface area contributed by atoms with Crippen LogP contribution in [0.3, 0.4) is 0 Å². The number of guanidine groups is 1. The molecular formula is C18H35IN4OS. The second kappa shape index (κ2) is 10.6. The highest BCUT2D eigenvalue weighted by atomic mass is 127. The Balaban J connectivity index is 0.00000225. The van der Waals surface area contributed by atoms with Crippen LogP contribution in [0, 0.1) is 5.92 Å². The van der Waals surface area contributed by atoms with Crippen LogP contribution in [-0.2, 0) is 4.74 Å². The van der Waals surface area contributed by atoms with Crippen molar-refractivity contribution in [1.29, 1.82) is 0 Å². The van der Waals surface area contributed by atoms with Gasteiger partial charge in [-0.1, -0.05) is 6.92 Å². The molecule has 3 rings (SSSR count). The zero-order valence-electron chi connectivity index (χ0n) is 15.8. The lowest BCUT2D eigenvalue weighted by atomic mass is 9.96. The maximum atomic E-state index is 5.57. The van der Waals surface area contributed by atoms with Gasteiger partial charge in [-0.05, 0) is 37.9 Å². The van der Waals surface area contributed by atoms with Crippen molar-refractivity contribution in [2.45, 2.75) is 38.6 Å². The van der Waals surface area contributed by atoms with E-state index in [1.54, 1.807) is 0 Å². The van der Waals surface area contributed by atoms with Gasteiger partial charge in [0.2, 0.25) is 0 Å². The number of ether oxygens (including phenoxy) is 1. The molecule has 5 nitrogen and oxygen atoms in total. The molecule has 0 aromatic heterocycles. The smallest absolute Gasteiger partial charge is 0.193 e. The molecule has 3 saturated heterocycles. The molecule has 3 aliphatic rings. The number of morpholine rings is 1. The quantitative estimate of drug-likeness (QED) is 0.379. The molecule has 0 amide bonds. The molecule has 0 saturated carbocycles. The lowest BCUT2D eigenvalue weighted by molar-refractivity contribution is -0.0105. The van der Waals surface area contributed by atoms with E-state index >= 15 is 0 Å². The van der Waals surface area contributed by atoms with Gasteiger partial charge < -0.3 is 15.0 Å². The van der Waals surface area contributed by atoms with E-state index in [0.29, 0.717) is 0 Å². The molecule has 25 heavy (non-hydrogen) atoms. The molecule has 0 spiro atoms. The normalized spacial score (nSPS) is 29.5. The predicted molar refractivity (Wildman–Crippen MR) is 118 cm³/mol. The maximum Gasteiger partial charge on any atom is 0.193 e. The summed E-state index contributed by atoms with van der Waals surface area (Å²) in [6.07, 6.45) is 3.83. The second-order valence-corrected chi connectivity index (χ2v) is 8.57. The molecule has 0 bridgehead atoms. The summed E-state index contributed by atoms with van der Waals surface area (Å²) in [5.41, 5.74) is 0.248. The van der Waals surface area contributed by atoms with E-state index in [9.17, 15) is 0 Å². The van der Waals surface area contributed by atoms with Gasteiger partial charge >= 0.3 is 0 Å². The topological polar surface area (TPSA) is 40.1 Å². The van der Waals surface area contributed by atoms with E-state index < -0.39 is 0 Å². The van der Waals surface area contributed by atoms with E-state index in [4.69, 9.17) is 9.73 Å². The average molecular weight is 482 g/mol. The summed E-state index contributed by atoms with van der Waals surface area (Å²) in [6.45, 7) is 12.6. The van der Waals surface area contributed by atoms with Crippen molar-refractivity contribution in [3.05, 3.63) is 0 Å². The number of thioether (sulfide) groups is 1. The number of hydrogen-bond donors (Lipinski definition) is 1. The third kappa shape index (κ3) is 5.62. The van der Waals surface area contributed by atoms with Crippen LogP contribution in [0.1, 0.15) is 33.1 Å². The van der Waals surface area contributed by atoms with Gasteiger partial charge in [-0.3, -0.25) is 9.89 Å². The SMILES string of the molecule is CCNC(=NCC1(N2CCOCC2)CCSC1)N1CCC(C)CC1.I. The molecule has 3 aliphatic heterocycles. The van der Waals surface area contributed by atoms with Crippen LogP contribution in [0.5, 0.6) is 0 Å². The summed E-state index contributed by atoms with van der Waals surface area (Å²) in [4.78, 5) is 10.3. The van der Waals surface area contributed by atoms with Crippen molar-refractivity contribution in [1.82, 2.24) is 15.1 Å². The van der Waals surface area contributed by atoms with Gasteiger partial charge in [0, 0.05) is 38.5 Å². The van der Waals surface area contributed by atoms with Crippen LogP contribution in [0.25, 0.3) is 0 Å². The maximum absolute atomic E-state index is 5.57. The molecule has 0 radical (unpaired) electrons. The molecule has 146 valence electrons. The largest absolute Gasteiger partial charge is 0.379 e. The third-order valence-corrected chi connectivity index (χ3v) is 6.94. The van der Waals surface area contributed by atoms with E-state index in [0.717, 1.165) is 64.4 Å². The molecule has 1 atom stereocenters. The van der Waals surface area contributed by atoms with Gasteiger partial charge in [0.1, 0.15) is 0 Å². The van der Waals surface area contributed by atoms with Gasteiger partial charge in [-0.25, -0.2) is 0 Å². The molecule has 3 fully saturated rings. The van der Waals surface area contributed by atoms with Crippen LogP contribution in [-0.4, -0.2) is 85.3 Å². The van der Waals surface area contributed by atoms with Gasteiger partial charge in [-0.15, -0.1) is 24.0 Å². The first-order chi connectivity index (χ1) is 11.7. The molecule has 7 heteroatoms. The molecule has 0 aromatic carbocycles. The Hall–Kier alpha value is 0.270. The Labute approximate surface area is 174 Å². The zero-order valence-corrected chi connectivity index (χ0v) is 19.0. The summed E-state index contributed by atoms with van der Waals surface area (Å²) in [5, 5.41) is 3.54. The fourth-order valence-electron chi connectivity index (χ4n) is 3.98. The second-order valence-electron chi connectivity index (χ2n) is 7.47. The Morgan fingerprint density at radius 1 is 1.24 bits per heavy atom. The van der Waals surface area contributed by atoms with Crippen molar-refractivity contribution in [3.63, 3.8) is 0 Å². The minimum atomic E-state index is 0. The van der Waals surface area contributed by atoms with Crippen molar-refractivity contribution >= 4 is 41.7 Å². The highest BCUT2D eigenvalue weighted by molar-refractivity contribution is 14.0. The Kier molecular flexibility index (Phi) is 9.11. The van der Waals surface area contributed by atoms with E-state index in [-0.39, 0.29) is 29.5 Å². The number of aliphatic imine (C=N–C) groups is 1. The first kappa shape index (κ1) is 21.6. The summed E-state index contributed by atoms with van der Waals surface area (Å²) in [5.74, 6) is 4.47. The van der Waals surface area contributed by atoms with Gasteiger partial charge in [0.25, 0.3) is 0 Å². The Morgan fingerprint density at radius 3 is 2.56 bits per heavy atom. The third-order valence-electron chi connectivity index (χ3n) is 5.71. The van der Waals surface area contributed by atoms with Crippen LogP contribution >= 0.6 is 35.7 Å². The number of nitrogens with zero attached hydrogens (tertiary/aromatic N) is 3. The first-order valence-corrected chi connectivity index (χ1v) is 10.8. The van der Waals surface area contributed by atoms with Crippen molar-refractivity contribution in [3.8, 4) is 0 Å². The van der Waals surface area contributed by atoms with E-state index in [1.165, 1.54) is 30.8 Å². The molecule has 3 heterocycles. The molecular weight excluding hydrogens is 447 g/mol. The van der Waals surface area contributed by atoms with Crippen LogP contribution < -0.4 is 5.32 Å². The van der Waals surface area contributed by atoms with Crippen LogP contribution in [0.2, 0.25) is 0 Å². The number of rotatable bonds is 4. The lowest BCUT2D eigenvalue weighted by Crippen LogP contribution is -2.56. The fourth-order valence-corrected chi connectivity index (χ4v) is 5.44. The summed E-state index contributed by atoms with van der Waals surface area (Å²) in [6, 6.07) is 0. The highest BCUT2D eigenvalue weighted by Crippen LogP contribution is 2.34. The Morgan fingerprint density at radius 2 is 1.96 bits per heavy atom. The molecule has 1 N–H and O–H groups in total. The molecule has 1 unspecified atom stereocenters. The monoisotopic (exact) mass is 482 g/mol. The fraction of sp³-hybridized carbons (Fsp3) is 0.944. The number of halogens is 1. The predicted octanol–water partition coefficient (Wildman–Crippen LogP) is 2.51. The highest BCUT2D eigenvalue weighted by Gasteiger charge is 2.40. The number of hydrogen-bond acceptors (Lipinski definition) is 4. The zero-order chi connectivity index (χ0) is 16.8. The first-order valence-electron chi connectivity index (χ1n) is 9.67. The average Bonchev–Trinajstić information content (AvgIpc) is 3.10. The summed E-state index contributed by atoms with van der Waals surface area (Å²) in [7, 11) is 0. The molecule has 0 aromatic rings. The van der Waals surface area contributed by atoms with Gasteiger partial charge in [0.15, 0.2) is 5.96 Å². The minimum absolute atomic E-state index is 0. The van der Waals surface area contributed by atoms with E-state index in [2.05, 4.69) is 40.7 Å². The van der Waals surface area contributed by atoms with E-state index in [1.807, 2.05) is 0 Å². The number of likely N-dealkylation sites (tertiary alicyclic amines) is 1. The van der Waals surface area contributed by atoms with Crippen LogP contribution in [0.15, 0.2) is 4.99 Å². The minimum Gasteiger partial charge on any atom is -0.379 e.